The van der Waals surface area contributed by atoms with Crippen LogP contribution in [0.2, 0.25) is 0 Å². The fraction of sp³-hybridized carbons (Fsp3) is 0.917. The summed E-state index contributed by atoms with van der Waals surface area (Å²) < 4.78 is 0. The predicted molar refractivity (Wildman–Crippen MR) is 64.1 cm³/mol. The summed E-state index contributed by atoms with van der Waals surface area (Å²) in [6.07, 6.45) is 5.49. The van der Waals surface area contributed by atoms with Crippen molar-refractivity contribution in [2.45, 2.75) is 32.6 Å². The van der Waals surface area contributed by atoms with Gasteiger partial charge in [-0.3, -0.25) is 4.99 Å². The van der Waals surface area contributed by atoms with Crippen LogP contribution in [0.5, 0.6) is 0 Å². The van der Waals surface area contributed by atoms with E-state index in [0.717, 1.165) is 24.3 Å². The van der Waals surface area contributed by atoms with E-state index in [-0.39, 0.29) is 0 Å². The van der Waals surface area contributed by atoms with Crippen LogP contribution < -0.4 is 5.32 Å². The van der Waals surface area contributed by atoms with Crippen LogP contribution in [0.1, 0.15) is 32.6 Å². The fourth-order valence-electron chi connectivity index (χ4n) is 2.27. The summed E-state index contributed by atoms with van der Waals surface area (Å²) >= 11 is 0. The molecule has 1 unspecified atom stereocenters. The summed E-state index contributed by atoms with van der Waals surface area (Å²) in [4.78, 5) is 6.79. The van der Waals surface area contributed by atoms with Crippen molar-refractivity contribution < 1.29 is 0 Å². The lowest BCUT2D eigenvalue weighted by molar-refractivity contribution is 0.266. The summed E-state index contributed by atoms with van der Waals surface area (Å²) in [5, 5.41) is 3.50. The summed E-state index contributed by atoms with van der Waals surface area (Å²) in [5.41, 5.74) is 0. The van der Waals surface area contributed by atoms with E-state index in [9.17, 15) is 0 Å². The van der Waals surface area contributed by atoms with E-state index in [1.165, 1.54) is 38.8 Å². The normalized spacial score (nSPS) is 28.0. The quantitative estimate of drug-likeness (QED) is 0.554. The lowest BCUT2D eigenvalue weighted by Gasteiger charge is -2.33. The second-order valence-electron chi connectivity index (χ2n) is 5.06. The van der Waals surface area contributed by atoms with Crippen molar-refractivity contribution in [1.82, 2.24) is 10.2 Å². The molecule has 1 heterocycles. The number of hydrogen-bond acceptors (Lipinski definition) is 1. The second kappa shape index (κ2) is 4.86. The molecule has 15 heavy (non-hydrogen) atoms. The minimum atomic E-state index is 0.818. The van der Waals surface area contributed by atoms with Crippen LogP contribution >= 0.6 is 0 Å². The van der Waals surface area contributed by atoms with E-state index in [1.807, 2.05) is 7.05 Å². The van der Waals surface area contributed by atoms with Gasteiger partial charge in [0, 0.05) is 26.7 Å². The molecule has 86 valence electrons. The number of nitrogens with zero attached hydrogens (tertiary/aromatic N) is 2. The van der Waals surface area contributed by atoms with E-state index in [4.69, 9.17) is 0 Å². The monoisotopic (exact) mass is 209 g/mol. The van der Waals surface area contributed by atoms with Crippen LogP contribution in [0, 0.1) is 11.8 Å². The van der Waals surface area contributed by atoms with Crippen molar-refractivity contribution in [2.75, 3.05) is 26.7 Å². The van der Waals surface area contributed by atoms with Crippen molar-refractivity contribution in [3.8, 4) is 0 Å². The summed E-state index contributed by atoms with van der Waals surface area (Å²) in [6, 6.07) is 0. The largest absolute Gasteiger partial charge is 0.356 e. The van der Waals surface area contributed by atoms with Crippen LogP contribution in [0.3, 0.4) is 0 Å². The molecule has 1 aliphatic heterocycles. The van der Waals surface area contributed by atoms with E-state index in [0.29, 0.717) is 0 Å². The van der Waals surface area contributed by atoms with Crippen molar-refractivity contribution in [3.05, 3.63) is 0 Å². The van der Waals surface area contributed by atoms with Crippen molar-refractivity contribution in [1.29, 1.82) is 0 Å². The Kier molecular flexibility index (Phi) is 3.49. The van der Waals surface area contributed by atoms with E-state index >= 15 is 0 Å². The Bertz CT molecular complexity index is 233. The third kappa shape index (κ3) is 3.11. The van der Waals surface area contributed by atoms with Crippen LogP contribution in [-0.2, 0) is 0 Å². The molecule has 1 saturated heterocycles. The molecule has 2 rings (SSSR count). The number of nitrogens with one attached hydrogen (secondary N) is 1. The smallest absolute Gasteiger partial charge is 0.193 e. The number of guanidine groups is 1. The first-order valence-corrected chi connectivity index (χ1v) is 6.25. The molecule has 1 atom stereocenters. The zero-order chi connectivity index (χ0) is 10.7. The van der Waals surface area contributed by atoms with Gasteiger partial charge in [0.1, 0.15) is 0 Å². The van der Waals surface area contributed by atoms with Crippen molar-refractivity contribution >= 4 is 5.96 Å². The highest BCUT2D eigenvalue weighted by Crippen LogP contribution is 2.27. The molecule has 0 aromatic carbocycles. The lowest BCUT2D eigenvalue weighted by atomic mass is 10.0. The van der Waals surface area contributed by atoms with Gasteiger partial charge in [0.15, 0.2) is 5.96 Å². The molecule has 0 amide bonds. The number of aliphatic imine (C=N–C) groups is 1. The highest BCUT2D eigenvalue weighted by atomic mass is 15.3. The van der Waals surface area contributed by atoms with Gasteiger partial charge in [0.05, 0.1) is 0 Å². The van der Waals surface area contributed by atoms with Gasteiger partial charge in [-0.05, 0) is 37.5 Å². The van der Waals surface area contributed by atoms with Gasteiger partial charge < -0.3 is 10.2 Å². The van der Waals surface area contributed by atoms with Gasteiger partial charge in [0.25, 0.3) is 0 Å². The molecule has 0 aromatic rings. The standard InChI is InChI=1S/C12H23N3/c1-10-4-3-7-15(9-10)12(13-2)14-8-11-5-6-11/h10-11H,3-9H2,1-2H3,(H,13,14). The molecule has 0 spiro atoms. The molecule has 3 nitrogen and oxygen atoms in total. The highest BCUT2D eigenvalue weighted by Gasteiger charge is 2.23. The maximum atomic E-state index is 4.38. The van der Waals surface area contributed by atoms with Crippen LogP contribution in [-0.4, -0.2) is 37.5 Å². The first-order chi connectivity index (χ1) is 7.29. The minimum absolute atomic E-state index is 0.818. The minimum Gasteiger partial charge on any atom is -0.356 e. The maximum absolute atomic E-state index is 4.38. The van der Waals surface area contributed by atoms with Crippen molar-refractivity contribution in [3.63, 3.8) is 0 Å². The summed E-state index contributed by atoms with van der Waals surface area (Å²) in [5.74, 6) is 2.86. The third-order valence-corrected chi connectivity index (χ3v) is 3.41. The average Bonchev–Trinajstić information content (AvgIpc) is 3.03. The molecule has 1 aliphatic carbocycles. The zero-order valence-electron chi connectivity index (χ0n) is 10.00. The Morgan fingerprint density at radius 1 is 1.40 bits per heavy atom. The number of likely N-dealkylation sites (tertiary alicyclic amines) is 1. The Balaban J connectivity index is 1.81. The summed E-state index contributed by atoms with van der Waals surface area (Å²) in [6.45, 7) is 5.80. The van der Waals surface area contributed by atoms with Gasteiger partial charge in [-0.25, -0.2) is 0 Å². The predicted octanol–water partition coefficient (Wildman–Crippen LogP) is 1.70. The SMILES string of the molecule is CN=C(NCC1CC1)N1CCCC(C)C1. The van der Waals surface area contributed by atoms with E-state index in [1.54, 1.807) is 0 Å². The van der Waals surface area contributed by atoms with Crippen molar-refractivity contribution in [2.24, 2.45) is 16.8 Å². The molecule has 3 heteroatoms. The Labute approximate surface area is 92.9 Å². The first kappa shape index (κ1) is 10.8. The Hall–Kier alpha value is -0.730. The van der Waals surface area contributed by atoms with Gasteiger partial charge in [-0.2, -0.15) is 0 Å². The highest BCUT2D eigenvalue weighted by molar-refractivity contribution is 5.80. The third-order valence-electron chi connectivity index (χ3n) is 3.41. The molecule has 0 bridgehead atoms. The fourth-order valence-corrected chi connectivity index (χ4v) is 2.27. The molecule has 1 saturated carbocycles. The van der Waals surface area contributed by atoms with Crippen LogP contribution in [0.25, 0.3) is 0 Å². The Morgan fingerprint density at radius 3 is 2.80 bits per heavy atom. The topological polar surface area (TPSA) is 27.6 Å². The molecular formula is C12H23N3. The van der Waals surface area contributed by atoms with E-state index < -0.39 is 0 Å². The zero-order valence-corrected chi connectivity index (χ0v) is 10.00. The maximum Gasteiger partial charge on any atom is 0.193 e. The molecule has 0 radical (unpaired) electrons. The first-order valence-electron chi connectivity index (χ1n) is 6.25. The lowest BCUT2D eigenvalue weighted by Crippen LogP contribution is -2.46. The Morgan fingerprint density at radius 2 is 2.20 bits per heavy atom. The van der Waals surface area contributed by atoms with Crippen LogP contribution in [0.4, 0.5) is 0 Å². The number of hydrogen-bond donors (Lipinski definition) is 1. The average molecular weight is 209 g/mol. The second-order valence-corrected chi connectivity index (χ2v) is 5.06. The van der Waals surface area contributed by atoms with Gasteiger partial charge in [-0.15, -0.1) is 0 Å². The molecular weight excluding hydrogens is 186 g/mol. The van der Waals surface area contributed by atoms with E-state index in [2.05, 4.69) is 22.1 Å². The molecule has 1 N–H and O–H groups in total. The van der Waals surface area contributed by atoms with Gasteiger partial charge >= 0.3 is 0 Å². The molecule has 0 aromatic heterocycles. The van der Waals surface area contributed by atoms with Crippen LogP contribution in [0.15, 0.2) is 4.99 Å². The summed E-state index contributed by atoms with van der Waals surface area (Å²) in [7, 11) is 1.90. The molecule has 2 fully saturated rings. The number of piperidine rings is 1. The number of rotatable bonds is 2. The molecule has 2 aliphatic rings. The van der Waals surface area contributed by atoms with Gasteiger partial charge in [-0.1, -0.05) is 6.92 Å². The van der Waals surface area contributed by atoms with Gasteiger partial charge in [0.2, 0.25) is 0 Å².